The van der Waals surface area contributed by atoms with Crippen LogP contribution >= 0.6 is 11.6 Å². The smallest absolute Gasteiger partial charge is 0.288 e. The quantitative estimate of drug-likeness (QED) is 0.632. The fourth-order valence-corrected chi connectivity index (χ4v) is 2.59. The molecule has 134 valence electrons. The van der Waals surface area contributed by atoms with Crippen LogP contribution in [0, 0.1) is 17.5 Å². The zero-order chi connectivity index (χ0) is 18.7. The molecule has 0 bridgehead atoms. The molecule has 1 heterocycles. The fraction of sp³-hybridized carbons (Fsp3) is 0.118. The molecule has 9 heteroatoms. The van der Waals surface area contributed by atoms with Crippen molar-refractivity contribution in [1.29, 1.82) is 0 Å². The van der Waals surface area contributed by atoms with Gasteiger partial charge in [-0.1, -0.05) is 23.7 Å². The number of halogens is 4. The Morgan fingerprint density at radius 3 is 2.54 bits per heavy atom. The number of hydrogen-bond acceptors (Lipinski definition) is 4. The highest BCUT2D eigenvalue weighted by Gasteiger charge is 2.28. The lowest BCUT2D eigenvalue weighted by molar-refractivity contribution is -0.114. The number of hydrogen-bond donors (Lipinski definition) is 2. The minimum atomic E-state index is -1.13. The van der Waals surface area contributed by atoms with Gasteiger partial charge in [0.2, 0.25) is 0 Å². The second-order valence-corrected chi connectivity index (χ2v) is 5.88. The van der Waals surface area contributed by atoms with Crippen LogP contribution in [0.15, 0.2) is 46.6 Å². The second-order valence-electron chi connectivity index (χ2n) is 5.45. The largest absolute Gasteiger partial charge is 0.309 e. The van der Waals surface area contributed by atoms with E-state index in [0.29, 0.717) is 23.7 Å². The van der Waals surface area contributed by atoms with E-state index in [0.717, 1.165) is 11.8 Å². The first kappa shape index (κ1) is 17.9. The first-order valence-electron chi connectivity index (χ1n) is 7.49. The molecule has 26 heavy (non-hydrogen) atoms. The van der Waals surface area contributed by atoms with E-state index in [1.807, 2.05) is 0 Å². The maximum absolute atomic E-state index is 13.5. The molecule has 1 amide bonds. The molecule has 0 radical (unpaired) electrons. The van der Waals surface area contributed by atoms with Crippen LogP contribution in [0.2, 0.25) is 5.02 Å². The Labute approximate surface area is 151 Å². The van der Waals surface area contributed by atoms with E-state index in [-0.39, 0.29) is 11.6 Å². The van der Waals surface area contributed by atoms with Crippen molar-refractivity contribution >= 4 is 29.4 Å². The van der Waals surface area contributed by atoms with Crippen LogP contribution in [0.5, 0.6) is 0 Å². The van der Waals surface area contributed by atoms with E-state index in [4.69, 9.17) is 11.6 Å². The number of carbonyl (C=O) groups is 1. The fourth-order valence-electron chi connectivity index (χ4n) is 2.47. The molecule has 5 nitrogen and oxygen atoms in total. The van der Waals surface area contributed by atoms with Gasteiger partial charge in [-0.2, -0.15) is 10.2 Å². The number of carbonyl (C=O) groups excluding carboxylic acids is 1. The predicted octanol–water partition coefficient (Wildman–Crippen LogP) is 2.95. The molecule has 1 aliphatic rings. The number of rotatable bonds is 4. The van der Waals surface area contributed by atoms with Gasteiger partial charge in [0.05, 0.1) is 17.7 Å². The van der Waals surface area contributed by atoms with Crippen molar-refractivity contribution in [3.63, 3.8) is 0 Å². The summed E-state index contributed by atoms with van der Waals surface area (Å²) in [6.45, 7) is 0.412. The van der Waals surface area contributed by atoms with Crippen molar-refractivity contribution in [2.75, 3.05) is 6.54 Å². The van der Waals surface area contributed by atoms with Crippen LogP contribution in [-0.2, 0) is 4.79 Å². The molecule has 3 rings (SSSR count). The third kappa shape index (κ3) is 3.85. The molecule has 0 saturated heterocycles. The van der Waals surface area contributed by atoms with Crippen LogP contribution < -0.4 is 10.9 Å². The van der Waals surface area contributed by atoms with E-state index in [1.54, 1.807) is 24.3 Å². The number of amides is 1. The summed E-state index contributed by atoms with van der Waals surface area (Å²) in [5.41, 5.74) is 5.32. The molecular formula is C17H12ClF3N4O. The highest BCUT2D eigenvalue weighted by Crippen LogP contribution is 2.22. The summed E-state index contributed by atoms with van der Waals surface area (Å²) in [6.07, 6.45) is 0.766. The molecule has 0 fully saturated rings. The van der Waals surface area contributed by atoms with Crippen molar-refractivity contribution in [2.45, 2.75) is 5.92 Å². The van der Waals surface area contributed by atoms with E-state index in [2.05, 4.69) is 21.1 Å². The Bertz CT molecular complexity index is 876. The third-order valence-corrected chi connectivity index (χ3v) is 3.99. The van der Waals surface area contributed by atoms with Gasteiger partial charge < -0.3 is 5.43 Å². The summed E-state index contributed by atoms with van der Waals surface area (Å²) in [7, 11) is 0. The van der Waals surface area contributed by atoms with Gasteiger partial charge >= 0.3 is 0 Å². The van der Waals surface area contributed by atoms with Gasteiger partial charge in [0, 0.05) is 23.7 Å². The third-order valence-electron chi connectivity index (χ3n) is 3.73. The number of hydrazone groups is 2. The molecule has 2 aromatic carbocycles. The van der Waals surface area contributed by atoms with E-state index in [1.165, 1.54) is 0 Å². The predicted molar refractivity (Wildman–Crippen MR) is 91.7 cm³/mol. The highest BCUT2D eigenvalue weighted by molar-refractivity contribution is 6.41. The van der Waals surface area contributed by atoms with Crippen molar-refractivity contribution in [2.24, 2.45) is 10.2 Å². The van der Waals surface area contributed by atoms with Crippen molar-refractivity contribution in [3.05, 3.63) is 70.0 Å². The average Bonchev–Trinajstić information content (AvgIpc) is 3.07. The van der Waals surface area contributed by atoms with Gasteiger partial charge in [0.15, 0.2) is 0 Å². The Kier molecular flexibility index (Phi) is 5.22. The van der Waals surface area contributed by atoms with E-state index < -0.39 is 28.9 Å². The standard InChI is InChI=1S/C17H12ClF3N4O/c18-10-3-1-9(2-4-10)12-7-22-24-16(12)17(26)25-23-8-13-14(20)5-11(19)6-15(13)21/h1-6,8,12,22H,7H2,(H,25,26)/b23-8+. The van der Waals surface area contributed by atoms with Gasteiger partial charge in [0.25, 0.3) is 5.91 Å². The maximum Gasteiger partial charge on any atom is 0.288 e. The molecule has 0 aromatic heterocycles. The molecule has 2 aromatic rings. The van der Waals surface area contributed by atoms with Crippen molar-refractivity contribution < 1.29 is 18.0 Å². The van der Waals surface area contributed by atoms with E-state index in [9.17, 15) is 18.0 Å². The summed E-state index contributed by atoms with van der Waals surface area (Å²) < 4.78 is 39.9. The number of nitrogens with zero attached hydrogens (tertiary/aromatic N) is 2. The molecule has 0 aliphatic carbocycles. The normalized spacial score (nSPS) is 16.5. The van der Waals surface area contributed by atoms with Crippen LogP contribution in [0.1, 0.15) is 17.0 Å². The van der Waals surface area contributed by atoms with Crippen LogP contribution in [0.3, 0.4) is 0 Å². The summed E-state index contributed by atoms with van der Waals surface area (Å²) in [5, 5.41) is 8.03. The Morgan fingerprint density at radius 1 is 1.23 bits per heavy atom. The van der Waals surface area contributed by atoms with Gasteiger partial charge in [-0.05, 0) is 17.7 Å². The molecule has 0 spiro atoms. The van der Waals surface area contributed by atoms with Gasteiger partial charge in [-0.15, -0.1) is 0 Å². The molecule has 1 aliphatic heterocycles. The Hall–Kier alpha value is -2.87. The second kappa shape index (κ2) is 7.57. The van der Waals surface area contributed by atoms with Crippen molar-refractivity contribution in [1.82, 2.24) is 10.9 Å². The molecule has 1 atom stereocenters. The van der Waals surface area contributed by atoms with Crippen LogP contribution in [0.4, 0.5) is 13.2 Å². The first-order chi connectivity index (χ1) is 12.5. The molecule has 1 unspecified atom stereocenters. The summed E-state index contributed by atoms with van der Waals surface area (Å²) in [6, 6.07) is 7.98. The number of benzene rings is 2. The number of nitrogens with one attached hydrogen (secondary N) is 2. The lowest BCUT2D eigenvalue weighted by Gasteiger charge is -2.11. The highest BCUT2D eigenvalue weighted by atomic mass is 35.5. The Morgan fingerprint density at radius 2 is 1.88 bits per heavy atom. The van der Waals surface area contributed by atoms with Gasteiger partial charge in [-0.3, -0.25) is 4.79 Å². The summed E-state index contributed by atoms with van der Waals surface area (Å²) in [5.74, 6) is -4.24. The lowest BCUT2D eigenvalue weighted by atomic mass is 9.94. The average molecular weight is 381 g/mol. The Balaban J connectivity index is 1.71. The summed E-state index contributed by atoms with van der Waals surface area (Å²) >= 11 is 5.85. The minimum Gasteiger partial charge on any atom is -0.309 e. The maximum atomic E-state index is 13.5. The van der Waals surface area contributed by atoms with Crippen molar-refractivity contribution in [3.8, 4) is 0 Å². The van der Waals surface area contributed by atoms with Crippen LogP contribution in [-0.4, -0.2) is 24.4 Å². The monoisotopic (exact) mass is 380 g/mol. The zero-order valence-corrected chi connectivity index (χ0v) is 13.9. The van der Waals surface area contributed by atoms with E-state index >= 15 is 0 Å². The topological polar surface area (TPSA) is 65.8 Å². The van der Waals surface area contributed by atoms with Gasteiger partial charge in [-0.25, -0.2) is 18.6 Å². The zero-order valence-electron chi connectivity index (χ0n) is 13.1. The molecule has 0 saturated carbocycles. The summed E-state index contributed by atoms with van der Waals surface area (Å²) in [4.78, 5) is 12.2. The lowest BCUT2D eigenvalue weighted by Crippen LogP contribution is -2.30. The SMILES string of the molecule is O=C(N/N=C/c1c(F)cc(F)cc1F)C1=NNCC1c1ccc(Cl)cc1. The van der Waals surface area contributed by atoms with Gasteiger partial charge in [0.1, 0.15) is 23.2 Å². The first-order valence-corrected chi connectivity index (χ1v) is 7.87. The molecule has 2 N–H and O–H groups in total. The van der Waals surface area contributed by atoms with Crippen LogP contribution in [0.25, 0.3) is 0 Å². The minimum absolute atomic E-state index is 0.171. The molecular weight excluding hydrogens is 369 g/mol.